The van der Waals surface area contributed by atoms with Crippen LogP contribution in [-0.2, 0) is 4.79 Å². The summed E-state index contributed by atoms with van der Waals surface area (Å²) in [6.45, 7) is 12.6. The van der Waals surface area contributed by atoms with E-state index in [1.54, 1.807) is 0 Å². The zero-order chi connectivity index (χ0) is 22.1. The first kappa shape index (κ1) is 24.6. The number of halogens is 1. The zero-order valence-electron chi connectivity index (χ0n) is 19.4. The Labute approximate surface area is 182 Å². The molecule has 5 heteroatoms. The Hall–Kier alpha value is -1.62. The van der Waals surface area contributed by atoms with Crippen LogP contribution in [0.15, 0.2) is 24.3 Å². The number of piperazine rings is 1. The third kappa shape index (κ3) is 6.69. The van der Waals surface area contributed by atoms with Crippen molar-refractivity contribution in [3.05, 3.63) is 30.1 Å². The van der Waals surface area contributed by atoms with Gasteiger partial charge in [-0.3, -0.25) is 9.69 Å². The predicted octanol–water partition coefficient (Wildman–Crippen LogP) is 5.81. The summed E-state index contributed by atoms with van der Waals surface area (Å²) in [5, 5.41) is 10.0. The maximum absolute atomic E-state index is 13.2. The van der Waals surface area contributed by atoms with Gasteiger partial charge in [-0.15, -0.1) is 0 Å². The second kappa shape index (κ2) is 11.7. The highest BCUT2D eigenvalue weighted by atomic mass is 19.1. The Morgan fingerprint density at radius 1 is 1.20 bits per heavy atom. The Morgan fingerprint density at radius 3 is 2.47 bits per heavy atom. The second-order valence-electron chi connectivity index (χ2n) is 9.34. The van der Waals surface area contributed by atoms with E-state index < -0.39 is 11.4 Å². The van der Waals surface area contributed by atoms with Crippen LogP contribution in [-0.4, -0.2) is 48.2 Å². The Morgan fingerprint density at radius 2 is 1.90 bits per heavy atom. The van der Waals surface area contributed by atoms with Gasteiger partial charge >= 0.3 is 5.97 Å². The molecule has 4 nitrogen and oxygen atoms in total. The van der Waals surface area contributed by atoms with Crippen molar-refractivity contribution in [2.45, 2.75) is 78.7 Å². The molecule has 0 aliphatic carbocycles. The lowest BCUT2D eigenvalue weighted by molar-refractivity contribution is -0.151. The first-order valence-electron chi connectivity index (χ1n) is 11.8. The third-order valence-corrected chi connectivity index (χ3v) is 6.80. The zero-order valence-corrected chi connectivity index (χ0v) is 19.4. The van der Waals surface area contributed by atoms with Crippen molar-refractivity contribution in [3.63, 3.8) is 0 Å². The van der Waals surface area contributed by atoms with Gasteiger partial charge in [-0.1, -0.05) is 40.0 Å². The molecule has 1 saturated heterocycles. The van der Waals surface area contributed by atoms with E-state index in [9.17, 15) is 14.3 Å². The number of carboxylic acids is 1. The molecule has 1 aliphatic rings. The normalized spacial score (nSPS) is 20.7. The van der Waals surface area contributed by atoms with Crippen molar-refractivity contribution >= 4 is 11.7 Å². The van der Waals surface area contributed by atoms with Crippen LogP contribution in [0.4, 0.5) is 10.1 Å². The summed E-state index contributed by atoms with van der Waals surface area (Å²) in [4.78, 5) is 17.0. The van der Waals surface area contributed by atoms with Crippen LogP contribution in [0.25, 0.3) is 0 Å². The molecule has 1 heterocycles. The summed E-state index contributed by atoms with van der Waals surface area (Å²) in [6, 6.07) is 7.19. The van der Waals surface area contributed by atoms with Crippen LogP contribution in [0.5, 0.6) is 0 Å². The number of hydrogen-bond donors (Lipinski definition) is 1. The summed E-state index contributed by atoms with van der Waals surface area (Å²) in [5.74, 6) is -0.406. The average Bonchev–Trinajstić information content (AvgIpc) is 2.71. The van der Waals surface area contributed by atoms with Crippen LogP contribution in [0.1, 0.15) is 72.6 Å². The summed E-state index contributed by atoms with van der Waals surface area (Å²) < 4.78 is 13.2. The lowest BCUT2D eigenvalue weighted by Crippen LogP contribution is -2.52. The number of anilines is 1. The molecule has 1 aliphatic heterocycles. The van der Waals surface area contributed by atoms with Gasteiger partial charge in [0.05, 0.1) is 5.41 Å². The molecule has 30 heavy (non-hydrogen) atoms. The second-order valence-corrected chi connectivity index (χ2v) is 9.34. The number of carbonyl (C=O) groups is 1. The highest BCUT2D eigenvalue weighted by Crippen LogP contribution is 2.38. The van der Waals surface area contributed by atoms with Crippen LogP contribution in [0.2, 0.25) is 0 Å². The van der Waals surface area contributed by atoms with E-state index in [1.807, 2.05) is 12.1 Å². The fourth-order valence-electron chi connectivity index (χ4n) is 4.99. The molecule has 1 aromatic rings. The van der Waals surface area contributed by atoms with E-state index in [1.165, 1.54) is 12.1 Å². The van der Waals surface area contributed by atoms with Crippen molar-refractivity contribution < 1.29 is 14.3 Å². The molecule has 0 radical (unpaired) electrons. The lowest BCUT2D eigenvalue weighted by Gasteiger charge is -2.41. The molecule has 0 bridgehead atoms. The molecular formula is C25H41FN2O2. The number of carboxylic acid groups (broad SMARTS) is 1. The maximum atomic E-state index is 13.2. The third-order valence-electron chi connectivity index (χ3n) is 6.80. The molecule has 2 rings (SSSR count). The minimum absolute atomic E-state index is 0.195. The predicted molar refractivity (Wildman–Crippen MR) is 123 cm³/mol. The number of hydrogen-bond acceptors (Lipinski definition) is 3. The Kier molecular flexibility index (Phi) is 9.60. The first-order valence-corrected chi connectivity index (χ1v) is 11.8. The van der Waals surface area contributed by atoms with Crippen molar-refractivity contribution in [2.24, 2.45) is 11.3 Å². The maximum Gasteiger partial charge on any atom is 0.309 e. The molecule has 1 fully saturated rings. The van der Waals surface area contributed by atoms with Gasteiger partial charge < -0.3 is 10.0 Å². The van der Waals surface area contributed by atoms with Crippen molar-refractivity contribution in [1.29, 1.82) is 0 Å². The van der Waals surface area contributed by atoms with E-state index in [4.69, 9.17) is 0 Å². The molecule has 1 aromatic carbocycles. The smallest absolute Gasteiger partial charge is 0.309 e. The molecule has 0 spiro atoms. The average molecular weight is 421 g/mol. The van der Waals surface area contributed by atoms with Gasteiger partial charge in [0.25, 0.3) is 0 Å². The number of aliphatic carboxylic acids is 1. The lowest BCUT2D eigenvalue weighted by atomic mass is 9.72. The molecule has 3 atom stereocenters. The molecule has 0 amide bonds. The van der Waals surface area contributed by atoms with E-state index in [0.29, 0.717) is 12.0 Å². The number of rotatable bonds is 12. The van der Waals surface area contributed by atoms with E-state index in [-0.39, 0.29) is 5.82 Å². The summed E-state index contributed by atoms with van der Waals surface area (Å²) >= 11 is 0. The van der Waals surface area contributed by atoms with Crippen molar-refractivity contribution in [2.75, 3.05) is 31.1 Å². The topological polar surface area (TPSA) is 43.8 Å². The standard InChI is InChI=1S/C25H41FN2O2/c1-5-7-14-25(13-6-2,24(29)30)18-20(3)12-15-27-16-17-28(19-21(27)4)23-10-8-22(26)9-11-23/h8-11,20-21H,5-7,12-19H2,1-4H3,(H,29,30)/t20-,21-,25?/m0/s1. The fraction of sp³-hybridized carbons (Fsp3) is 0.720. The SMILES string of the molecule is CCCCC(CCC)(C[C@@H](C)CCN1CCN(c2ccc(F)cc2)C[C@@H]1C)C(=O)O. The van der Waals surface area contributed by atoms with Gasteiger partial charge in [0.2, 0.25) is 0 Å². The monoisotopic (exact) mass is 420 g/mol. The minimum atomic E-state index is -0.606. The van der Waals surface area contributed by atoms with Gasteiger partial charge in [0.15, 0.2) is 0 Å². The number of unbranched alkanes of at least 4 members (excludes halogenated alkanes) is 1. The first-order chi connectivity index (χ1) is 14.3. The quantitative estimate of drug-likeness (QED) is 0.463. The van der Waals surface area contributed by atoms with Gasteiger partial charge in [0.1, 0.15) is 5.82 Å². The highest BCUT2D eigenvalue weighted by Gasteiger charge is 2.38. The number of benzene rings is 1. The van der Waals surface area contributed by atoms with Gasteiger partial charge in [-0.2, -0.15) is 0 Å². The highest BCUT2D eigenvalue weighted by molar-refractivity contribution is 5.74. The van der Waals surface area contributed by atoms with Crippen LogP contribution in [0, 0.1) is 17.2 Å². The van der Waals surface area contributed by atoms with E-state index >= 15 is 0 Å². The summed E-state index contributed by atoms with van der Waals surface area (Å²) in [5.41, 5.74) is 0.523. The Bertz CT molecular complexity index is 651. The van der Waals surface area contributed by atoms with Crippen LogP contribution < -0.4 is 4.90 Å². The molecule has 0 aromatic heterocycles. The largest absolute Gasteiger partial charge is 0.481 e. The molecule has 0 saturated carbocycles. The molecule has 170 valence electrons. The van der Waals surface area contributed by atoms with Gasteiger partial charge in [0, 0.05) is 31.4 Å². The molecule has 1 N–H and O–H groups in total. The van der Waals surface area contributed by atoms with Crippen molar-refractivity contribution in [3.8, 4) is 0 Å². The van der Waals surface area contributed by atoms with Gasteiger partial charge in [-0.05, 0) is 69.3 Å². The summed E-state index contributed by atoms with van der Waals surface area (Å²) in [7, 11) is 0. The van der Waals surface area contributed by atoms with Crippen LogP contribution >= 0.6 is 0 Å². The number of nitrogens with zero attached hydrogens (tertiary/aromatic N) is 2. The molecular weight excluding hydrogens is 379 g/mol. The van der Waals surface area contributed by atoms with Crippen LogP contribution in [0.3, 0.4) is 0 Å². The summed E-state index contributed by atoms with van der Waals surface area (Å²) in [6.07, 6.45) is 6.34. The fourth-order valence-corrected chi connectivity index (χ4v) is 4.99. The van der Waals surface area contributed by atoms with Gasteiger partial charge in [-0.25, -0.2) is 4.39 Å². The van der Waals surface area contributed by atoms with E-state index in [0.717, 1.165) is 76.8 Å². The minimum Gasteiger partial charge on any atom is -0.481 e. The molecule has 1 unspecified atom stereocenters. The van der Waals surface area contributed by atoms with E-state index in [2.05, 4.69) is 37.5 Å². The van der Waals surface area contributed by atoms with Crippen molar-refractivity contribution in [1.82, 2.24) is 4.90 Å². The Balaban J connectivity index is 1.88.